The first-order valence-electron chi connectivity index (χ1n) is 17.3. The lowest BCUT2D eigenvalue weighted by Crippen LogP contribution is -2.64. The third kappa shape index (κ3) is 8.32. The lowest BCUT2D eigenvalue weighted by molar-refractivity contribution is -0.145. The Balaban J connectivity index is 1.53. The van der Waals surface area contributed by atoms with Crippen molar-refractivity contribution < 1.29 is 37.2 Å². The van der Waals surface area contributed by atoms with Gasteiger partial charge in [0.1, 0.15) is 12.1 Å². The van der Waals surface area contributed by atoms with Crippen molar-refractivity contribution in [3.05, 3.63) is 0 Å². The maximum absolute atomic E-state index is 14.4. The third-order valence-electron chi connectivity index (χ3n) is 10.8. The van der Waals surface area contributed by atoms with Gasteiger partial charge in [-0.3, -0.25) is 24.0 Å². The maximum Gasteiger partial charge on any atom is 0.315 e. The lowest BCUT2D eigenvalue weighted by Gasteiger charge is -2.41. The van der Waals surface area contributed by atoms with Gasteiger partial charge in [0, 0.05) is 19.6 Å². The molecule has 3 saturated carbocycles. The molecule has 0 radical (unpaired) electrons. The first-order chi connectivity index (χ1) is 22.3. The summed E-state index contributed by atoms with van der Waals surface area (Å²) in [6.45, 7) is 11.7. The van der Waals surface area contributed by atoms with E-state index in [2.05, 4.69) is 21.3 Å². The highest BCUT2D eigenvalue weighted by Crippen LogP contribution is 2.65. The van der Waals surface area contributed by atoms with E-state index >= 15 is 0 Å². The number of hydrogen-bond acceptors (Lipinski definition) is 8. The number of fused-ring (bicyclic) bond motifs is 1. The van der Waals surface area contributed by atoms with Crippen molar-refractivity contribution in [3.8, 4) is 0 Å². The van der Waals surface area contributed by atoms with Crippen LogP contribution in [0.4, 0.5) is 4.79 Å². The normalized spacial score (nSPS) is 25.8. The molecule has 0 bridgehead atoms. The Bertz CT molecular complexity index is 1370. The number of nitrogens with one attached hydrogen (secondary N) is 4. The smallest absolute Gasteiger partial charge is 0.315 e. The van der Waals surface area contributed by atoms with E-state index in [-0.39, 0.29) is 35.5 Å². The first-order valence-corrected chi connectivity index (χ1v) is 18.9. The topological polar surface area (TPSA) is 183 Å². The number of sulfonamides is 1. The summed E-state index contributed by atoms with van der Waals surface area (Å²) >= 11 is 0. The van der Waals surface area contributed by atoms with E-state index < -0.39 is 68.6 Å². The highest BCUT2D eigenvalue weighted by atomic mass is 32.2. The largest absolute Gasteiger partial charge is 0.347 e. The number of likely N-dealkylation sites (tertiary alicyclic amines) is 1. The Morgan fingerprint density at radius 3 is 2.19 bits per heavy atom. The fourth-order valence-electron chi connectivity index (χ4n) is 7.58. The fourth-order valence-corrected chi connectivity index (χ4v) is 9.05. The van der Waals surface area contributed by atoms with Gasteiger partial charge in [0.05, 0.1) is 24.4 Å². The zero-order valence-corrected chi connectivity index (χ0v) is 30.6. The Morgan fingerprint density at radius 2 is 1.65 bits per heavy atom. The van der Waals surface area contributed by atoms with Crippen LogP contribution < -0.4 is 21.3 Å². The van der Waals surface area contributed by atoms with Crippen LogP contribution in [0.25, 0.3) is 0 Å². The van der Waals surface area contributed by atoms with Crippen molar-refractivity contribution in [1.82, 2.24) is 30.6 Å². The first kappa shape index (κ1) is 38.0. The molecule has 48 heavy (non-hydrogen) atoms. The molecule has 3 aliphatic carbocycles. The number of amides is 5. The van der Waals surface area contributed by atoms with E-state index in [4.69, 9.17) is 4.84 Å². The molecule has 4 aliphatic rings. The van der Waals surface area contributed by atoms with E-state index in [0.717, 1.165) is 36.6 Å². The Morgan fingerprint density at radius 1 is 1.02 bits per heavy atom. The summed E-state index contributed by atoms with van der Waals surface area (Å²) < 4.78 is 26.8. The number of carbonyl (C=O) groups is 5. The van der Waals surface area contributed by atoms with Crippen molar-refractivity contribution in [1.29, 1.82) is 0 Å². The standard InChI is InChI=1S/C33H56N6O8S/c1-9-13-22(25(40)28(42)34-20-14-15-20)35-27(41)24-23-21(32(23,5)6)18-39(24)29(43)26(31(2,3)4)36-30(44)37-33(16-11-10-12-17-33)19-48(45,46)38(7)47-8/h20-24,26H,9-19H2,1-8H3,(H,34,42)(H,35,41)(H2,36,37,44)/t21-,22-,23-,24-,26+/m0/s1. The van der Waals surface area contributed by atoms with Crippen molar-refractivity contribution in [2.24, 2.45) is 22.7 Å². The Hall–Kier alpha value is -2.78. The number of ketones is 1. The molecule has 4 rings (SSSR count). The molecule has 0 aromatic carbocycles. The van der Waals surface area contributed by atoms with Gasteiger partial charge in [0.2, 0.25) is 27.6 Å². The van der Waals surface area contributed by atoms with Crippen LogP contribution in [0.15, 0.2) is 0 Å². The second-order valence-corrected chi connectivity index (χ2v) is 17.9. The summed E-state index contributed by atoms with van der Waals surface area (Å²) in [5, 5.41) is 11.3. The average molecular weight is 697 g/mol. The van der Waals surface area contributed by atoms with Crippen LogP contribution >= 0.6 is 0 Å². The molecular formula is C33H56N6O8S. The van der Waals surface area contributed by atoms with Crippen LogP contribution in [-0.4, -0.2) is 103 Å². The molecule has 14 nitrogen and oxygen atoms in total. The number of piperidine rings is 1. The molecule has 0 aromatic rings. The van der Waals surface area contributed by atoms with Crippen molar-refractivity contribution in [2.75, 3.05) is 26.5 Å². The van der Waals surface area contributed by atoms with Gasteiger partial charge in [-0.2, -0.15) is 0 Å². The van der Waals surface area contributed by atoms with Gasteiger partial charge in [-0.05, 0) is 54.8 Å². The van der Waals surface area contributed by atoms with E-state index in [1.165, 1.54) is 19.1 Å². The second kappa shape index (κ2) is 14.2. The molecule has 1 heterocycles. The van der Waals surface area contributed by atoms with Crippen LogP contribution in [0.3, 0.4) is 0 Å². The third-order valence-corrected chi connectivity index (χ3v) is 12.6. The molecule has 0 aromatic heterocycles. The SMILES string of the molecule is CCC[C@H](NC(=O)[C@@H]1[C@@H]2[C@H](CN1C(=O)[C@@H](NC(=O)NC1(CS(=O)(=O)N(C)OC)CCCCC1)C(C)(C)C)C2(C)C)C(=O)C(=O)NC1CC1. The van der Waals surface area contributed by atoms with Gasteiger partial charge in [0.25, 0.3) is 5.91 Å². The zero-order chi connectivity index (χ0) is 35.8. The predicted octanol–water partition coefficient (Wildman–Crippen LogP) is 1.84. The molecule has 4 N–H and O–H groups in total. The van der Waals surface area contributed by atoms with E-state index in [1.807, 2.05) is 41.5 Å². The van der Waals surface area contributed by atoms with Gasteiger partial charge >= 0.3 is 6.03 Å². The van der Waals surface area contributed by atoms with Gasteiger partial charge in [-0.25, -0.2) is 13.2 Å². The van der Waals surface area contributed by atoms with Crippen LogP contribution in [0.1, 0.15) is 99.3 Å². The Labute approximate surface area is 285 Å². The molecule has 5 amide bonds. The number of urea groups is 1. The van der Waals surface area contributed by atoms with E-state index in [1.54, 1.807) is 0 Å². The minimum absolute atomic E-state index is 0.00137. The van der Waals surface area contributed by atoms with Crippen molar-refractivity contribution in [2.45, 2.75) is 129 Å². The number of hydroxylamine groups is 1. The predicted molar refractivity (Wildman–Crippen MR) is 179 cm³/mol. The highest BCUT2D eigenvalue weighted by Gasteiger charge is 2.70. The minimum atomic E-state index is -3.86. The number of hydrogen-bond donors (Lipinski definition) is 4. The molecule has 1 saturated heterocycles. The molecule has 272 valence electrons. The number of carbonyl (C=O) groups excluding carboxylic acids is 5. The molecule has 5 atom stereocenters. The van der Waals surface area contributed by atoms with Gasteiger partial charge < -0.3 is 26.2 Å². The number of rotatable bonds is 14. The average Bonchev–Trinajstić information content (AvgIpc) is 3.85. The zero-order valence-electron chi connectivity index (χ0n) is 29.8. The van der Waals surface area contributed by atoms with E-state index in [9.17, 15) is 32.4 Å². The summed E-state index contributed by atoms with van der Waals surface area (Å²) in [7, 11) is -1.30. The number of Topliss-reactive ketones (excluding diaryl/α,β-unsaturated/α-hetero) is 1. The molecule has 1 aliphatic heterocycles. The van der Waals surface area contributed by atoms with Crippen molar-refractivity contribution in [3.63, 3.8) is 0 Å². The van der Waals surface area contributed by atoms with Crippen molar-refractivity contribution >= 4 is 39.6 Å². The molecular weight excluding hydrogens is 640 g/mol. The van der Waals surface area contributed by atoms with E-state index in [0.29, 0.717) is 25.8 Å². The van der Waals surface area contributed by atoms with Gasteiger partial charge in [-0.15, -0.1) is 0 Å². The quantitative estimate of drug-likeness (QED) is 0.157. The fraction of sp³-hybridized carbons (Fsp3) is 0.848. The van der Waals surface area contributed by atoms with Gasteiger partial charge in [0.15, 0.2) is 0 Å². The monoisotopic (exact) mass is 696 g/mol. The summed E-state index contributed by atoms with van der Waals surface area (Å²) in [5.41, 5.74) is -2.03. The van der Waals surface area contributed by atoms with Crippen LogP contribution in [-0.2, 0) is 34.0 Å². The highest BCUT2D eigenvalue weighted by molar-refractivity contribution is 7.89. The molecule has 15 heteroatoms. The summed E-state index contributed by atoms with van der Waals surface area (Å²) in [6.07, 6.45) is 5.80. The molecule has 0 spiro atoms. The summed E-state index contributed by atoms with van der Waals surface area (Å²) in [5.74, 6) is -2.77. The van der Waals surface area contributed by atoms with Crippen LogP contribution in [0.2, 0.25) is 0 Å². The maximum atomic E-state index is 14.4. The number of nitrogens with zero attached hydrogens (tertiary/aromatic N) is 2. The molecule has 4 fully saturated rings. The summed E-state index contributed by atoms with van der Waals surface area (Å²) in [4.78, 5) is 74.1. The summed E-state index contributed by atoms with van der Waals surface area (Å²) in [6, 6.07) is -3.61. The Kier molecular flexibility index (Phi) is 11.3. The molecule has 0 unspecified atom stereocenters. The van der Waals surface area contributed by atoms with Crippen LogP contribution in [0.5, 0.6) is 0 Å². The second-order valence-electron chi connectivity index (χ2n) is 15.9. The van der Waals surface area contributed by atoms with Crippen LogP contribution in [0, 0.1) is 22.7 Å². The minimum Gasteiger partial charge on any atom is -0.347 e. The van der Waals surface area contributed by atoms with Gasteiger partial charge in [-0.1, -0.05) is 71.7 Å². The lowest BCUT2D eigenvalue weighted by atomic mass is 9.83.